The number of aromatic nitrogens is 3. The van der Waals surface area contributed by atoms with Gasteiger partial charge in [0, 0.05) is 17.9 Å². The molecule has 3 aromatic rings. The van der Waals surface area contributed by atoms with Crippen molar-refractivity contribution in [3.05, 3.63) is 68.5 Å². The molecule has 0 aliphatic rings. The molecule has 0 atom stereocenters. The van der Waals surface area contributed by atoms with Crippen LogP contribution in [0.1, 0.15) is 46.5 Å². The van der Waals surface area contributed by atoms with Crippen molar-refractivity contribution in [2.24, 2.45) is 0 Å². The summed E-state index contributed by atoms with van der Waals surface area (Å²) in [6.07, 6.45) is 2.46. The minimum Gasteiger partial charge on any atom is -0.465 e. The highest BCUT2D eigenvalue weighted by atomic mass is 16.5. The van der Waals surface area contributed by atoms with E-state index in [0.29, 0.717) is 0 Å². The zero-order valence-electron chi connectivity index (χ0n) is 18.9. The maximum absolute atomic E-state index is 12.5. The third kappa shape index (κ3) is 5.01. The number of aryl methyl sites for hydroxylation is 1. The summed E-state index contributed by atoms with van der Waals surface area (Å²) in [7, 11) is 1.25. The van der Waals surface area contributed by atoms with Crippen molar-refractivity contribution in [3.8, 4) is 6.07 Å². The van der Waals surface area contributed by atoms with Crippen molar-refractivity contribution in [2.75, 3.05) is 7.11 Å². The Bertz CT molecular complexity index is 1360. The van der Waals surface area contributed by atoms with Gasteiger partial charge in [0.2, 0.25) is 0 Å². The number of ether oxygens (including phenoxy) is 2. The Kier molecular flexibility index (Phi) is 7.08. The van der Waals surface area contributed by atoms with Gasteiger partial charge in [0.1, 0.15) is 24.1 Å². The first-order chi connectivity index (χ1) is 15.8. The van der Waals surface area contributed by atoms with Gasteiger partial charge in [0.15, 0.2) is 0 Å². The zero-order valence-corrected chi connectivity index (χ0v) is 18.9. The van der Waals surface area contributed by atoms with E-state index in [1.54, 1.807) is 0 Å². The van der Waals surface area contributed by atoms with Crippen LogP contribution in [-0.2, 0) is 27.4 Å². The molecule has 0 saturated heterocycles. The molecule has 1 aromatic carbocycles. The molecule has 0 fully saturated rings. The predicted molar refractivity (Wildman–Crippen MR) is 121 cm³/mol. The first-order valence-electron chi connectivity index (χ1n) is 10.4. The Balaban J connectivity index is 1.82. The fraction of sp³-hybridized carbons (Fsp3) is 0.292. The van der Waals surface area contributed by atoms with Crippen LogP contribution in [0.2, 0.25) is 0 Å². The van der Waals surface area contributed by atoms with E-state index in [2.05, 4.69) is 26.2 Å². The molecule has 9 nitrogen and oxygen atoms in total. The Morgan fingerprint density at radius 2 is 2.03 bits per heavy atom. The molecule has 170 valence electrons. The van der Waals surface area contributed by atoms with Crippen LogP contribution in [0.15, 0.2) is 34.6 Å². The molecule has 2 aromatic heterocycles. The zero-order chi connectivity index (χ0) is 24.1. The smallest absolute Gasteiger partial charge is 0.349 e. The van der Waals surface area contributed by atoms with Gasteiger partial charge in [-0.2, -0.15) is 5.26 Å². The number of nitrogens with zero attached hydrogens (tertiary/aromatic N) is 3. The van der Waals surface area contributed by atoms with E-state index in [-0.39, 0.29) is 34.5 Å². The maximum Gasteiger partial charge on any atom is 0.349 e. The van der Waals surface area contributed by atoms with Crippen LogP contribution in [-0.4, -0.2) is 33.6 Å². The van der Waals surface area contributed by atoms with Gasteiger partial charge in [0.25, 0.3) is 5.56 Å². The van der Waals surface area contributed by atoms with Gasteiger partial charge in [-0.1, -0.05) is 6.92 Å². The number of methoxy groups -OCH3 is 1. The number of carbonyl (C=O) groups excluding carboxylic acids is 2. The molecule has 3 rings (SSSR count). The van der Waals surface area contributed by atoms with E-state index in [9.17, 15) is 19.6 Å². The Labute approximate surface area is 190 Å². The molecule has 9 heteroatoms. The first-order valence-corrected chi connectivity index (χ1v) is 10.4. The summed E-state index contributed by atoms with van der Waals surface area (Å²) in [4.78, 5) is 43.4. The fourth-order valence-corrected chi connectivity index (χ4v) is 3.55. The Morgan fingerprint density at radius 1 is 1.27 bits per heavy atom. The normalized spacial score (nSPS) is 11.3. The highest BCUT2D eigenvalue weighted by Gasteiger charge is 2.16. The third-order valence-corrected chi connectivity index (χ3v) is 5.22. The molecule has 0 spiro atoms. The largest absolute Gasteiger partial charge is 0.465 e. The second-order valence-corrected chi connectivity index (χ2v) is 7.46. The number of carbonyl (C=O) groups is 2. The van der Waals surface area contributed by atoms with Crippen molar-refractivity contribution < 1.29 is 19.1 Å². The van der Waals surface area contributed by atoms with Crippen LogP contribution in [0.4, 0.5) is 0 Å². The molecule has 33 heavy (non-hydrogen) atoms. The van der Waals surface area contributed by atoms with Crippen molar-refractivity contribution >= 4 is 28.9 Å². The summed E-state index contributed by atoms with van der Waals surface area (Å²) >= 11 is 0. The molecule has 0 unspecified atom stereocenters. The average molecular weight is 448 g/mol. The molecule has 1 N–H and O–H groups in total. The van der Waals surface area contributed by atoms with Crippen molar-refractivity contribution in [3.63, 3.8) is 0 Å². The van der Waals surface area contributed by atoms with E-state index in [1.165, 1.54) is 31.4 Å². The maximum atomic E-state index is 12.5. The van der Waals surface area contributed by atoms with Gasteiger partial charge < -0.3 is 19.0 Å². The molecule has 2 heterocycles. The molecule has 0 aliphatic heterocycles. The van der Waals surface area contributed by atoms with Crippen LogP contribution in [0.3, 0.4) is 0 Å². The van der Waals surface area contributed by atoms with Crippen LogP contribution in [0.25, 0.3) is 17.0 Å². The van der Waals surface area contributed by atoms with Gasteiger partial charge in [-0.05, 0) is 56.2 Å². The number of benzene rings is 1. The van der Waals surface area contributed by atoms with Gasteiger partial charge in [-0.25, -0.2) is 14.6 Å². The third-order valence-electron chi connectivity index (χ3n) is 5.22. The lowest BCUT2D eigenvalue weighted by Gasteiger charge is -2.07. The van der Waals surface area contributed by atoms with Gasteiger partial charge in [-0.15, -0.1) is 0 Å². The fourth-order valence-electron chi connectivity index (χ4n) is 3.55. The van der Waals surface area contributed by atoms with E-state index in [4.69, 9.17) is 4.74 Å². The quantitative estimate of drug-likeness (QED) is 0.334. The van der Waals surface area contributed by atoms with Crippen molar-refractivity contribution in [1.82, 2.24) is 14.5 Å². The highest BCUT2D eigenvalue weighted by molar-refractivity contribution is 5.98. The summed E-state index contributed by atoms with van der Waals surface area (Å²) < 4.78 is 12.0. The SMILES string of the molecule is CCCn1c(C)cc(/C=C(/C#N)C(=O)OCc2nc3cc(C(=O)OC)ccc3c(=O)[nH]2)c1C. The monoisotopic (exact) mass is 448 g/mol. The molecular formula is C24H24N4O5. The van der Waals surface area contributed by atoms with E-state index in [1.807, 2.05) is 26.0 Å². The number of esters is 2. The van der Waals surface area contributed by atoms with Crippen LogP contribution in [0.5, 0.6) is 0 Å². The number of H-pyrrole nitrogens is 1. The van der Waals surface area contributed by atoms with Crippen LogP contribution in [0, 0.1) is 25.2 Å². The molecule has 0 bridgehead atoms. The minimum absolute atomic E-state index is 0.0845. The van der Waals surface area contributed by atoms with Crippen molar-refractivity contribution in [2.45, 2.75) is 40.3 Å². The van der Waals surface area contributed by atoms with E-state index >= 15 is 0 Å². The van der Waals surface area contributed by atoms with Gasteiger partial charge >= 0.3 is 11.9 Å². The molecule has 0 radical (unpaired) electrons. The number of hydrogen-bond donors (Lipinski definition) is 1. The molecule has 0 amide bonds. The van der Waals surface area contributed by atoms with E-state index < -0.39 is 17.5 Å². The summed E-state index contributed by atoms with van der Waals surface area (Å²) in [6.45, 7) is 6.48. The lowest BCUT2D eigenvalue weighted by Crippen LogP contribution is -2.15. The second kappa shape index (κ2) is 9.96. The Hall–Kier alpha value is -4.19. The molecule has 0 saturated carbocycles. The summed E-state index contributed by atoms with van der Waals surface area (Å²) in [5.41, 5.74) is 2.65. The van der Waals surface area contributed by atoms with Crippen LogP contribution < -0.4 is 5.56 Å². The molecule has 0 aliphatic carbocycles. The summed E-state index contributed by atoms with van der Waals surface area (Å²) in [5, 5.41) is 9.75. The number of hydrogen-bond acceptors (Lipinski definition) is 7. The van der Waals surface area contributed by atoms with Gasteiger partial charge in [0.05, 0.1) is 23.6 Å². The number of rotatable bonds is 7. The Morgan fingerprint density at radius 3 is 2.70 bits per heavy atom. The predicted octanol–water partition coefficient (Wildman–Crippen LogP) is 3.19. The lowest BCUT2D eigenvalue weighted by atomic mass is 10.1. The molecular weight excluding hydrogens is 424 g/mol. The summed E-state index contributed by atoms with van der Waals surface area (Å²) in [6, 6.07) is 8.15. The average Bonchev–Trinajstić information content (AvgIpc) is 3.07. The minimum atomic E-state index is -0.830. The van der Waals surface area contributed by atoms with E-state index in [0.717, 1.165) is 29.9 Å². The number of fused-ring (bicyclic) bond motifs is 1. The van der Waals surface area contributed by atoms with Crippen molar-refractivity contribution in [1.29, 1.82) is 5.26 Å². The van der Waals surface area contributed by atoms with Crippen LogP contribution >= 0.6 is 0 Å². The second-order valence-electron chi connectivity index (χ2n) is 7.46. The summed E-state index contributed by atoms with van der Waals surface area (Å²) in [5.74, 6) is -1.31. The standard InChI is InChI=1S/C24H24N4O5/c1-5-8-28-14(2)9-17(15(28)3)10-18(12-25)24(31)33-13-21-26-20-11-16(23(30)32-4)6-7-19(20)22(29)27-21/h6-7,9-11H,5,8,13H2,1-4H3,(H,26,27,29)/b18-10-. The van der Waals surface area contributed by atoms with Gasteiger partial charge in [-0.3, -0.25) is 4.79 Å². The topological polar surface area (TPSA) is 127 Å². The number of nitriles is 1. The lowest BCUT2D eigenvalue weighted by molar-refractivity contribution is -0.139. The number of nitrogens with one attached hydrogen (secondary N) is 1. The highest BCUT2D eigenvalue weighted by Crippen LogP contribution is 2.19. The first kappa shape index (κ1) is 23.5. The number of aromatic amines is 1.